The average molecular weight is 274 g/mol. The zero-order valence-corrected chi connectivity index (χ0v) is 13.4. The molecule has 2 rings (SSSR count). The van der Waals surface area contributed by atoms with Crippen molar-refractivity contribution in [3.05, 3.63) is 35.9 Å². The van der Waals surface area contributed by atoms with E-state index < -0.39 is 0 Å². The van der Waals surface area contributed by atoms with E-state index in [4.69, 9.17) is 0 Å². The molecule has 1 aliphatic carbocycles. The van der Waals surface area contributed by atoms with E-state index in [1.54, 1.807) is 0 Å². The molecule has 0 aromatic heterocycles. The number of nitrogens with zero attached hydrogens (tertiary/aromatic N) is 1. The normalized spacial score (nSPS) is 26.9. The molecule has 0 heterocycles. The lowest BCUT2D eigenvalue weighted by Crippen LogP contribution is -2.44. The number of hydrogen-bond donors (Lipinski definition) is 1. The maximum absolute atomic E-state index is 3.44. The highest BCUT2D eigenvalue weighted by molar-refractivity contribution is 5.14. The van der Waals surface area contributed by atoms with E-state index in [-0.39, 0.29) is 0 Å². The molecule has 0 radical (unpaired) electrons. The van der Waals surface area contributed by atoms with Crippen molar-refractivity contribution in [1.82, 2.24) is 10.2 Å². The highest BCUT2D eigenvalue weighted by Gasteiger charge is 2.35. The molecule has 2 nitrogen and oxygen atoms in total. The Morgan fingerprint density at radius 3 is 2.70 bits per heavy atom. The van der Waals surface area contributed by atoms with Crippen molar-refractivity contribution in [3.63, 3.8) is 0 Å². The lowest BCUT2D eigenvalue weighted by atomic mass is 9.69. The van der Waals surface area contributed by atoms with Crippen LogP contribution in [-0.2, 0) is 6.54 Å². The zero-order chi connectivity index (χ0) is 14.4. The molecule has 0 bridgehead atoms. The van der Waals surface area contributed by atoms with Crippen molar-refractivity contribution < 1.29 is 0 Å². The molecule has 0 amide bonds. The quantitative estimate of drug-likeness (QED) is 0.853. The van der Waals surface area contributed by atoms with Gasteiger partial charge in [-0.25, -0.2) is 0 Å². The molecule has 2 unspecified atom stereocenters. The van der Waals surface area contributed by atoms with Gasteiger partial charge in [0.2, 0.25) is 0 Å². The molecule has 2 heteroatoms. The van der Waals surface area contributed by atoms with Crippen molar-refractivity contribution in [2.75, 3.05) is 27.2 Å². The Morgan fingerprint density at radius 1 is 1.30 bits per heavy atom. The average Bonchev–Trinajstić information content (AvgIpc) is 2.39. The molecule has 0 spiro atoms. The standard InChI is InChI=1S/C18H30N2/c1-16-8-7-11-18(12-16,14-19-2)15-20(3)13-17-9-5-4-6-10-17/h4-6,9-10,16,19H,7-8,11-15H2,1-3H3. The first-order chi connectivity index (χ1) is 9.63. The van der Waals surface area contributed by atoms with Gasteiger partial charge in [0.05, 0.1) is 0 Å². The van der Waals surface area contributed by atoms with Crippen LogP contribution in [0.5, 0.6) is 0 Å². The SMILES string of the molecule is CNCC1(CN(C)Cc2ccccc2)CCCC(C)C1. The number of benzene rings is 1. The fourth-order valence-electron chi connectivity index (χ4n) is 4.03. The van der Waals surface area contributed by atoms with Crippen LogP contribution in [0.15, 0.2) is 30.3 Å². The third-order valence-corrected chi connectivity index (χ3v) is 4.64. The van der Waals surface area contributed by atoms with Gasteiger partial charge in [0.15, 0.2) is 0 Å². The van der Waals surface area contributed by atoms with E-state index in [9.17, 15) is 0 Å². The number of hydrogen-bond acceptors (Lipinski definition) is 2. The molecule has 1 saturated carbocycles. The predicted octanol–water partition coefficient (Wildman–Crippen LogP) is 3.53. The summed E-state index contributed by atoms with van der Waals surface area (Å²) < 4.78 is 0. The molecule has 1 aromatic carbocycles. The van der Waals surface area contributed by atoms with E-state index in [0.717, 1.165) is 19.0 Å². The second kappa shape index (κ2) is 7.24. The summed E-state index contributed by atoms with van der Waals surface area (Å²) in [6.07, 6.45) is 5.54. The minimum atomic E-state index is 0.468. The van der Waals surface area contributed by atoms with E-state index in [1.807, 2.05) is 0 Å². The van der Waals surface area contributed by atoms with Gasteiger partial charge in [-0.2, -0.15) is 0 Å². The van der Waals surface area contributed by atoms with Gasteiger partial charge < -0.3 is 10.2 Å². The molecule has 0 saturated heterocycles. The first kappa shape index (κ1) is 15.5. The molecule has 1 aromatic rings. The molecule has 1 N–H and O–H groups in total. The predicted molar refractivity (Wildman–Crippen MR) is 86.8 cm³/mol. The molecule has 1 aliphatic rings. The van der Waals surface area contributed by atoms with Gasteiger partial charge in [0.1, 0.15) is 0 Å². The Labute approximate surface area is 124 Å². The van der Waals surface area contributed by atoms with E-state index in [0.29, 0.717) is 5.41 Å². The third kappa shape index (κ3) is 4.32. The van der Waals surface area contributed by atoms with Crippen molar-refractivity contribution in [2.24, 2.45) is 11.3 Å². The van der Waals surface area contributed by atoms with Crippen LogP contribution in [0.2, 0.25) is 0 Å². The lowest BCUT2D eigenvalue weighted by Gasteiger charge is -2.42. The summed E-state index contributed by atoms with van der Waals surface area (Å²) in [5.41, 5.74) is 1.88. The minimum Gasteiger partial charge on any atom is -0.319 e. The van der Waals surface area contributed by atoms with Crippen LogP contribution in [0, 0.1) is 11.3 Å². The maximum Gasteiger partial charge on any atom is 0.0230 e. The monoisotopic (exact) mass is 274 g/mol. The van der Waals surface area contributed by atoms with Crippen LogP contribution in [0.4, 0.5) is 0 Å². The summed E-state index contributed by atoms with van der Waals surface area (Å²) in [7, 11) is 4.36. The third-order valence-electron chi connectivity index (χ3n) is 4.64. The molecule has 2 atom stereocenters. The van der Waals surface area contributed by atoms with Gasteiger partial charge in [0.25, 0.3) is 0 Å². The molecular formula is C18H30N2. The number of nitrogens with one attached hydrogen (secondary N) is 1. The Hall–Kier alpha value is -0.860. The van der Waals surface area contributed by atoms with Crippen molar-refractivity contribution in [3.8, 4) is 0 Å². The van der Waals surface area contributed by atoms with Gasteiger partial charge in [-0.15, -0.1) is 0 Å². The highest BCUT2D eigenvalue weighted by atomic mass is 15.1. The molecule has 1 fully saturated rings. The van der Waals surface area contributed by atoms with Crippen LogP contribution in [-0.4, -0.2) is 32.1 Å². The highest BCUT2D eigenvalue weighted by Crippen LogP contribution is 2.39. The molecule has 0 aliphatic heterocycles. The maximum atomic E-state index is 3.44. The van der Waals surface area contributed by atoms with Crippen molar-refractivity contribution in [1.29, 1.82) is 0 Å². The van der Waals surface area contributed by atoms with E-state index in [1.165, 1.54) is 37.8 Å². The molecule has 20 heavy (non-hydrogen) atoms. The zero-order valence-electron chi connectivity index (χ0n) is 13.4. The van der Waals surface area contributed by atoms with E-state index >= 15 is 0 Å². The van der Waals surface area contributed by atoms with Crippen molar-refractivity contribution in [2.45, 2.75) is 39.2 Å². The fourth-order valence-corrected chi connectivity index (χ4v) is 4.03. The first-order valence-corrected chi connectivity index (χ1v) is 8.01. The Kier molecular flexibility index (Phi) is 5.62. The second-order valence-electron chi connectivity index (χ2n) is 6.89. The van der Waals surface area contributed by atoms with Gasteiger partial charge in [0, 0.05) is 19.6 Å². The minimum absolute atomic E-state index is 0.468. The largest absolute Gasteiger partial charge is 0.319 e. The lowest BCUT2D eigenvalue weighted by molar-refractivity contribution is 0.0910. The Bertz CT molecular complexity index is 386. The second-order valence-corrected chi connectivity index (χ2v) is 6.89. The van der Waals surface area contributed by atoms with Gasteiger partial charge in [-0.1, -0.05) is 50.1 Å². The van der Waals surface area contributed by atoms with Gasteiger partial charge in [-0.3, -0.25) is 0 Å². The van der Waals surface area contributed by atoms with Crippen LogP contribution >= 0.6 is 0 Å². The smallest absolute Gasteiger partial charge is 0.0230 e. The topological polar surface area (TPSA) is 15.3 Å². The van der Waals surface area contributed by atoms with Crippen LogP contribution < -0.4 is 5.32 Å². The molecular weight excluding hydrogens is 244 g/mol. The number of rotatable bonds is 6. The van der Waals surface area contributed by atoms with Gasteiger partial charge in [-0.05, 0) is 43.8 Å². The summed E-state index contributed by atoms with van der Waals surface area (Å²) in [4.78, 5) is 2.50. The van der Waals surface area contributed by atoms with Crippen LogP contribution in [0.1, 0.15) is 38.2 Å². The summed E-state index contributed by atoms with van der Waals surface area (Å²) in [5.74, 6) is 0.877. The summed E-state index contributed by atoms with van der Waals surface area (Å²) >= 11 is 0. The summed E-state index contributed by atoms with van der Waals surface area (Å²) in [6, 6.07) is 10.8. The van der Waals surface area contributed by atoms with Crippen molar-refractivity contribution >= 4 is 0 Å². The summed E-state index contributed by atoms with van der Waals surface area (Å²) in [5, 5.41) is 3.44. The Morgan fingerprint density at radius 2 is 2.05 bits per heavy atom. The van der Waals surface area contributed by atoms with E-state index in [2.05, 4.69) is 61.6 Å². The first-order valence-electron chi connectivity index (χ1n) is 8.01. The summed E-state index contributed by atoms with van der Waals surface area (Å²) in [6.45, 7) is 5.82. The van der Waals surface area contributed by atoms with Crippen LogP contribution in [0.3, 0.4) is 0 Å². The molecule has 112 valence electrons. The fraction of sp³-hybridized carbons (Fsp3) is 0.667. The van der Waals surface area contributed by atoms with Crippen LogP contribution in [0.25, 0.3) is 0 Å². The van der Waals surface area contributed by atoms with Gasteiger partial charge >= 0.3 is 0 Å². The Balaban J connectivity index is 1.96.